The van der Waals surface area contributed by atoms with E-state index in [2.05, 4.69) is 20.8 Å². The molecular weight excluding hydrogens is 399 g/mol. The van der Waals surface area contributed by atoms with Crippen molar-refractivity contribution in [1.82, 2.24) is 14.6 Å². The summed E-state index contributed by atoms with van der Waals surface area (Å²) in [7, 11) is 0. The number of fused-ring (bicyclic) bond motifs is 1. The lowest BCUT2D eigenvalue weighted by Gasteiger charge is -2.15. The van der Waals surface area contributed by atoms with E-state index < -0.39 is 0 Å². The van der Waals surface area contributed by atoms with Crippen LogP contribution in [0.15, 0.2) is 40.5 Å². The van der Waals surface area contributed by atoms with E-state index in [0.717, 1.165) is 9.75 Å². The second-order valence-electron chi connectivity index (χ2n) is 5.21. The molecule has 1 N–H and O–H groups in total. The molecule has 5 nitrogen and oxygen atoms in total. The second-order valence-corrected chi connectivity index (χ2v) is 7.89. The summed E-state index contributed by atoms with van der Waals surface area (Å²) in [6, 6.07) is 5.16. The third-order valence-corrected chi connectivity index (χ3v) is 5.82. The van der Waals surface area contributed by atoms with E-state index in [0.29, 0.717) is 32.4 Å². The van der Waals surface area contributed by atoms with Crippen LogP contribution in [0.25, 0.3) is 12.3 Å². The van der Waals surface area contributed by atoms with Crippen molar-refractivity contribution in [3.05, 3.63) is 55.3 Å². The molecule has 1 aromatic carbocycles. The fourth-order valence-electron chi connectivity index (χ4n) is 2.34. The number of nitrogens with one attached hydrogen (secondary N) is 1. The van der Waals surface area contributed by atoms with Crippen LogP contribution in [0.4, 0.5) is 5.69 Å². The van der Waals surface area contributed by atoms with Gasteiger partial charge in [0.2, 0.25) is 0 Å². The summed E-state index contributed by atoms with van der Waals surface area (Å²) >= 11 is 15.0. The van der Waals surface area contributed by atoms with Gasteiger partial charge in [-0.2, -0.15) is 4.37 Å². The van der Waals surface area contributed by atoms with Gasteiger partial charge in [0.05, 0.1) is 19.5 Å². The van der Waals surface area contributed by atoms with Gasteiger partial charge in [0.25, 0.3) is 5.91 Å². The number of para-hydroxylation sites is 1. The molecule has 1 aromatic heterocycles. The van der Waals surface area contributed by atoms with Crippen LogP contribution in [-0.2, 0) is 4.79 Å². The van der Waals surface area contributed by atoms with Crippen LogP contribution < -0.4 is 15.1 Å². The number of halogens is 2. The highest BCUT2D eigenvalue weighted by molar-refractivity contribution is 8.18. The number of hydrogen-bond donors (Lipinski definition) is 1. The van der Waals surface area contributed by atoms with Crippen LogP contribution in [0.1, 0.15) is 0 Å². The second kappa shape index (κ2) is 6.84. The maximum Gasteiger partial charge on any atom is 0.265 e. The molecule has 0 spiro atoms. The number of aromatic nitrogens is 1. The van der Waals surface area contributed by atoms with Crippen molar-refractivity contribution >= 4 is 75.5 Å². The fraction of sp³-hybridized carbons (Fsp3) is 0.0625. The molecule has 0 atom stereocenters. The number of rotatable bonds is 2. The number of thioether (sulfide) groups is 1. The van der Waals surface area contributed by atoms with Crippen LogP contribution in [0.2, 0.25) is 10.0 Å². The van der Waals surface area contributed by atoms with Gasteiger partial charge in [0.15, 0.2) is 5.17 Å². The largest absolute Gasteiger partial charge is 0.348 e. The van der Waals surface area contributed by atoms with Crippen LogP contribution in [-0.4, -0.2) is 26.9 Å². The molecule has 1 fully saturated rings. The minimum Gasteiger partial charge on any atom is -0.348 e. The Morgan fingerprint density at radius 2 is 2.12 bits per heavy atom. The minimum absolute atomic E-state index is 0.199. The average Bonchev–Trinajstić information content (AvgIpc) is 3.18. The van der Waals surface area contributed by atoms with Gasteiger partial charge in [-0.05, 0) is 41.5 Å². The van der Waals surface area contributed by atoms with Crippen LogP contribution >= 0.6 is 46.5 Å². The first-order valence-corrected chi connectivity index (χ1v) is 9.57. The normalized spacial score (nSPS) is 19.6. The van der Waals surface area contributed by atoms with E-state index in [-0.39, 0.29) is 5.91 Å². The number of aliphatic imine (C=N–C) groups is 1. The summed E-state index contributed by atoms with van der Waals surface area (Å²) in [5.74, 6) is -0.199. The average molecular weight is 409 g/mol. The summed E-state index contributed by atoms with van der Waals surface area (Å²) in [5, 5.41) is 5.10. The van der Waals surface area contributed by atoms with Gasteiger partial charge in [-0.3, -0.25) is 4.79 Å². The Labute approximate surface area is 161 Å². The van der Waals surface area contributed by atoms with Crippen LogP contribution in [0.5, 0.6) is 0 Å². The maximum absolute atomic E-state index is 12.2. The molecule has 2 aliphatic rings. The zero-order chi connectivity index (χ0) is 17.4. The smallest absolute Gasteiger partial charge is 0.265 e. The lowest BCUT2D eigenvalue weighted by molar-refractivity contribution is -0.115. The number of nitrogens with zero attached hydrogens (tertiary/aromatic N) is 3. The number of amidine groups is 1. The molecule has 1 amide bonds. The van der Waals surface area contributed by atoms with E-state index in [1.807, 2.05) is 17.3 Å². The molecule has 9 heteroatoms. The van der Waals surface area contributed by atoms with Crippen molar-refractivity contribution in [2.45, 2.75) is 0 Å². The summed E-state index contributed by atoms with van der Waals surface area (Å²) < 4.78 is 5.31. The zero-order valence-electron chi connectivity index (χ0n) is 12.6. The summed E-state index contributed by atoms with van der Waals surface area (Å²) in [4.78, 5) is 19.1. The standard InChI is InChI=1S/C16H10Cl2N4OS2/c17-10-2-1-3-11(18)14(10)20-16-21-15(23)13(24-16)8-22-5-4-12-9(7-22)6-19-25-12/h1-4,6-8H,5H2,(H,20,21,23)/b13-8-. The van der Waals surface area contributed by atoms with Crippen LogP contribution in [0, 0.1) is 0 Å². The van der Waals surface area contributed by atoms with Crippen molar-refractivity contribution < 1.29 is 4.79 Å². The van der Waals surface area contributed by atoms with Crippen LogP contribution in [0.3, 0.4) is 0 Å². The Balaban J connectivity index is 1.60. The Bertz CT molecular complexity index is 1020. The molecule has 2 aliphatic heterocycles. The Morgan fingerprint density at radius 1 is 1.32 bits per heavy atom. The van der Waals surface area contributed by atoms with Crippen molar-refractivity contribution in [3.8, 4) is 0 Å². The number of amides is 1. The first kappa shape index (κ1) is 16.7. The van der Waals surface area contributed by atoms with E-state index in [4.69, 9.17) is 23.2 Å². The summed E-state index contributed by atoms with van der Waals surface area (Å²) in [5.41, 5.74) is 0.446. The molecule has 0 radical (unpaired) electrons. The fourth-order valence-corrected chi connectivity index (χ4v) is 4.28. The van der Waals surface area contributed by atoms with Crippen molar-refractivity contribution in [1.29, 1.82) is 0 Å². The SMILES string of the molecule is O=C1NC(=Nc2c(Cl)cccc2Cl)S/C1=C\N1C=c2cnsc2=CC1. The van der Waals surface area contributed by atoms with Gasteiger partial charge in [0, 0.05) is 30.4 Å². The topological polar surface area (TPSA) is 57.6 Å². The van der Waals surface area contributed by atoms with E-state index in [1.165, 1.54) is 23.3 Å². The van der Waals surface area contributed by atoms with Gasteiger partial charge >= 0.3 is 0 Å². The Hall–Kier alpha value is -1.80. The van der Waals surface area contributed by atoms with Crippen molar-refractivity contribution in [2.75, 3.05) is 6.54 Å². The molecule has 0 bridgehead atoms. The molecule has 4 rings (SSSR count). The molecule has 0 unspecified atom stereocenters. The highest BCUT2D eigenvalue weighted by Crippen LogP contribution is 2.35. The minimum atomic E-state index is -0.199. The van der Waals surface area contributed by atoms with E-state index in [1.54, 1.807) is 24.4 Å². The van der Waals surface area contributed by atoms with Gasteiger partial charge in [-0.15, -0.1) is 0 Å². The third-order valence-electron chi connectivity index (χ3n) is 3.50. The highest BCUT2D eigenvalue weighted by Gasteiger charge is 2.25. The van der Waals surface area contributed by atoms with E-state index >= 15 is 0 Å². The molecule has 3 heterocycles. The number of carbonyl (C=O) groups is 1. The molecule has 25 heavy (non-hydrogen) atoms. The number of hydrogen-bond acceptors (Lipinski definition) is 6. The maximum atomic E-state index is 12.2. The number of carbonyl (C=O) groups excluding carboxylic acids is 1. The van der Waals surface area contributed by atoms with Gasteiger partial charge in [-0.1, -0.05) is 29.3 Å². The Morgan fingerprint density at radius 3 is 2.92 bits per heavy atom. The lowest BCUT2D eigenvalue weighted by atomic mass is 10.3. The first-order chi connectivity index (χ1) is 12.1. The predicted octanol–water partition coefficient (Wildman–Crippen LogP) is 2.68. The van der Waals surface area contributed by atoms with Crippen molar-refractivity contribution in [3.63, 3.8) is 0 Å². The lowest BCUT2D eigenvalue weighted by Crippen LogP contribution is -2.29. The first-order valence-electron chi connectivity index (χ1n) is 7.22. The van der Waals surface area contributed by atoms with E-state index in [9.17, 15) is 4.79 Å². The zero-order valence-corrected chi connectivity index (χ0v) is 15.7. The summed E-state index contributed by atoms with van der Waals surface area (Å²) in [6.07, 6.45) is 7.67. The Kier molecular flexibility index (Phi) is 4.56. The van der Waals surface area contributed by atoms with Gasteiger partial charge in [-0.25, -0.2) is 4.99 Å². The molecule has 126 valence electrons. The molecule has 0 saturated carbocycles. The molecular formula is C16H10Cl2N4OS2. The third kappa shape index (κ3) is 3.46. The van der Waals surface area contributed by atoms with Crippen molar-refractivity contribution in [2.24, 2.45) is 4.99 Å². The molecule has 1 saturated heterocycles. The monoisotopic (exact) mass is 408 g/mol. The van der Waals surface area contributed by atoms with Gasteiger partial charge < -0.3 is 10.2 Å². The quantitative estimate of drug-likeness (QED) is 0.775. The van der Waals surface area contributed by atoms with Gasteiger partial charge in [0.1, 0.15) is 5.69 Å². The molecule has 2 aromatic rings. The summed E-state index contributed by atoms with van der Waals surface area (Å²) in [6.45, 7) is 0.690. The number of benzene rings is 1. The predicted molar refractivity (Wildman–Crippen MR) is 104 cm³/mol. The highest BCUT2D eigenvalue weighted by atomic mass is 35.5. The molecule has 0 aliphatic carbocycles.